The molecule has 2 fully saturated rings. The molecule has 0 spiro atoms. The van der Waals surface area contributed by atoms with E-state index in [9.17, 15) is 14.4 Å². The van der Waals surface area contributed by atoms with E-state index in [2.05, 4.69) is 17.3 Å². The lowest BCUT2D eigenvalue weighted by atomic mass is 9.94. The van der Waals surface area contributed by atoms with Crippen molar-refractivity contribution >= 4 is 17.7 Å². The lowest BCUT2D eigenvalue weighted by Crippen LogP contribution is -2.51. The number of piperazine rings is 1. The zero-order valence-electron chi connectivity index (χ0n) is 17.5. The van der Waals surface area contributed by atoms with Gasteiger partial charge >= 0.3 is 0 Å². The molecule has 0 aliphatic carbocycles. The average Bonchev–Trinajstić information content (AvgIpc) is 2.74. The van der Waals surface area contributed by atoms with Crippen molar-refractivity contribution < 1.29 is 14.4 Å². The highest BCUT2D eigenvalue weighted by Gasteiger charge is 2.31. The molecule has 3 rings (SSSR count). The van der Waals surface area contributed by atoms with Crippen LogP contribution in [-0.2, 0) is 9.59 Å². The zero-order chi connectivity index (χ0) is 20.8. The molecule has 1 aromatic rings. The first-order chi connectivity index (χ1) is 13.9. The summed E-state index contributed by atoms with van der Waals surface area (Å²) in [6.07, 6.45) is 1.72. The fourth-order valence-corrected chi connectivity index (χ4v) is 4.00. The summed E-state index contributed by atoms with van der Waals surface area (Å²) in [4.78, 5) is 43.6. The third kappa shape index (κ3) is 5.79. The number of hydrogen-bond acceptors (Lipinski definition) is 4. The SMILES string of the molecule is CC(CC(=O)N1CCC(C(=O)N2CCN(C)CC2)CC1)NC(=O)c1ccccc1. The van der Waals surface area contributed by atoms with E-state index in [-0.39, 0.29) is 36.1 Å². The molecule has 1 N–H and O–H groups in total. The second-order valence-electron chi connectivity index (χ2n) is 8.23. The Kier molecular flexibility index (Phi) is 7.25. The van der Waals surface area contributed by atoms with Crippen LogP contribution in [0.5, 0.6) is 0 Å². The van der Waals surface area contributed by atoms with Gasteiger partial charge in [-0.3, -0.25) is 14.4 Å². The van der Waals surface area contributed by atoms with Crippen molar-refractivity contribution in [2.75, 3.05) is 46.3 Å². The van der Waals surface area contributed by atoms with Crippen molar-refractivity contribution in [3.8, 4) is 0 Å². The first-order valence-electron chi connectivity index (χ1n) is 10.5. The first kappa shape index (κ1) is 21.3. The van der Waals surface area contributed by atoms with Gasteiger partial charge in [0.05, 0.1) is 0 Å². The van der Waals surface area contributed by atoms with E-state index >= 15 is 0 Å². The highest BCUT2D eigenvalue weighted by Crippen LogP contribution is 2.21. The van der Waals surface area contributed by atoms with Crippen molar-refractivity contribution in [1.82, 2.24) is 20.0 Å². The number of likely N-dealkylation sites (tertiary alicyclic amines) is 1. The normalized spacial score (nSPS) is 19.7. The topological polar surface area (TPSA) is 73.0 Å². The lowest BCUT2D eigenvalue weighted by molar-refractivity contribution is -0.142. The van der Waals surface area contributed by atoms with E-state index in [1.807, 2.05) is 34.9 Å². The Morgan fingerprint density at radius 3 is 2.21 bits per heavy atom. The smallest absolute Gasteiger partial charge is 0.251 e. The minimum Gasteiger partial charge on any atom is -0.349 e. The maximum absolute atomic E-state index is 12.7. The zero-order valence-corrected chi connectivity index (χ0v) is 17.5. The highest BCUT2D eigenvalue weighted by atomic mass is 16.2. The quantitative estimate of drug-likeness (QED) is 0.806. The molecule has 1 aromatic carbocycles. The van der Waals surface area contributed by atoms with Gasteiger partial charge in [-0.25, -0.2) is 0 Å². The fraction of sp³-hybridized carbons (Fsp3) is 0.591. The molecule has 2 aliphatic rings. The van der Waals surface area contributed by atoms with Crippen LogP contribution in [0, 0.1) is 5.92 Å². The summed E-state index contributed by atoms with van der Waals surface area (Å²) in [5.41, 5.74) is 0.593. The van der Waals surface area contributed by atoms with Crippen LogP contribution < -0.4 is 5.32 Å². The first-order valence-corrected chi connectivity index (χ1v) is 10.5. The largest absolute Gasteiger partial charge is 0.349 e. The van der Waals surface area contributed by atoms with Crippen molar-refractivity contribution in [1.29, 1.82) is 0 Å². The maximum atomic E-state index is 12.7. The third-order valence-corrected chi connectivity index (χ3v) is 5.91. The highest BCUT2D eigenvalue weighted by molar-refractivity contribution is 5.94. The van der Waals surface area contributed by atoms with Crippen LogP contribution in [0.1, 0.15) is 36.5 Å². The van der Waals surface area contributed by atoms with Gasteiger partial charge in [0.2, 0.25) is 11.8 Å². The standard InChI is InChI=1S/C22H32N4O3/c1-17(23-21(28)18-6-4-3-5-7-18)16-20(27)25-10-8-19(9-11-25)22(29)26-14-12-24(2)13-15-26/h3-7,17,19H,8-16H2,1-2H3,(H,23,28). The number of piperidine rings is 1. The second kappa shape index (κ2) is 9.87. The Morgan fingerprint density at radius 1 is 0.966 bits per heavy atom. The Morgan fingerprint density at radius 2 is 1.59 bits per heavy atom. The average molecular weight is 401 g/mol. The van der Waals surface area contributed by atoms with Gasteiger partial charge in [-0.1, -0.05) is 18.2 Å². The van der Waals surface area contributed by atoms with E-state index in [0.717, 1.165) is 39.0 Å². The summed E-state index contributed by atoms with van der Waals surface area (Å²) in [6, 6.07) is 8.77. The molecule has 29 heavy (non-hydrogen) atoms. The van der Waals surface area contributed by atoms with Crippen molar-refractivity contribution in [3.63, 3.8) is 0 Å². The minimum atomic E-state index is -0.236. The molecule has 1 unspecified atom stereocenters. The molecule has 1 atom stereocenters. The van der Waals surface area contributed by atoms with Crippen LogP contribution >= 0.6 is 0 Å². The molecule has 0 bridgehead atoms. The number of carbonyl (C=O) groups excluding carboxylic acids is 3. The molecule has 2 aliphatic heterocycles. The Bertz CT molecular complexity index is 708. The summed E-state index contributed by atoms with van der Waals surface area (Å²) in [7, 11) is 2.08. The summed E-state index contributed by atoms with van der Waals surface area (Å²) in [5, 5.41) is 2.89. The van der Waals surface area contributed by atoms with Gasteiger partial charge in [-0.15, -0.1) is 0 Å². The van der Waals surface area contributed by atoms with E-state index < -0.39 is 0 Å². The van der Waals surface area contributed by atoms with Gasteiger partial charge in [0.15, 0.2) is 0 Å². The van der Waals surface area contributed by atoms with Gasteiger partial charge < -0.3 is 20.0 Å². The fourth-order valence-electron chi connectivity index (χ4n) is 4.00. The monoisotopic (exact) mass is 400 g/mol. The van der Waals surface area contributed by atoms with Gasteiger partial charge in [0, 0.05) is 63.2 Å². The number of nitrogens with one attached hydrogen (secondary N) is 1. The predicted molar refractivity (Wildman–Crippen MR) is 111 cm³/mol. The molecule has 2 saturated heterocycles. The predicted octanol–water partition coefficient (Wildman–Crippen LogP) is 1.21. The van der Waals surface area contributed by atoms with Gasteiger partial charge in [0.25, 0.3) is 5.91 Å². The molecule has 2 heterocycles. The Hall–Kier alpha value is -2.41. The molecule has 0 radical (unpaired) electrons. The van der Waals surface area contributed by atoms with Crippen LogP contribution in [0.15, 0.2) is 30.3 Å². The lowest BCUT2D eigenvalue weighted by Gasteiger charge is -2.37. The molecule has 7 heteroatoms. The van der Waals surface area contributed by atoms with E-state index in [0.29, 0.717) is 18.7 Å². The van der Waals surface area contributed by atoms with Gasteiger partial charge in [-0.2, -0.15) is 0 Å². The second-order valence-corrected chi connectivity index (χ2v) is 8.23. The molecule has 7 nitrogen and oxygen atoms in total. The third-order valence-electron chi connectivity index (χ3n) is 5.91. The van der Waals surface area contributed by atoms with E-state index in [4.69, 9.17) is 0 Å². The van der Waals surface area contributed by atoms with Gasteiger partial charge in [0.1, 0.15) is 0 Å². The summed E-state index contributed by atoms with van der Waals surface area (Å²) >= 11 is 0. The van der Waals surface area contributed by atoms with Crippen LogP contribution in [0.3, 0.4) is 0 Å². The summed E-state index contributed by atoms with van der Waals surface area (Å²) < 4.78 is 0. The number of amides is 3. The molecule has 3 amide bonds. The Balaban J connectivity index is 1.41. The van der Waals surface area contributed by atoms with Gasteiger partial charge in [-0.05, 0) is 38.9 Å². The number of nitrogens with zero attached hydrogens (tertiary/aromatic N) is 3. The molecule has 0 saturated carbocycles. The van der Waals surface area contributed by atoms with Crippen molar-refractivity contribution in [2.45, 2.75) is 32.2 Å². The summed E-state index contributed by atoms with van der Waals surface area (Å²) in [5.74, 6) is 0.144. The molecular formula is C22H32N4O3. The number of likely N-dealkylation sites (N-methyl/N-ethyl adjacent to an activating group) is 1. The number of benzene rings is 1. The minimum absolute atomic E-state index is 0.0256. The molecule has 158 valence electrons. The van der Waals surface area contributed by atoms with Crippen LogP contribution in [0.2, 0.25) is 0 Å². The van der Waals surface area contributed by atoms with Crippen LogP contribution in [0.25, 0.3) is 0 Å². The Labute approximate surface area is 173 Å². The van der Waals surface area contributed by atoms with E-state index in [1.165, 1.54) is 0 Å². The van der Waals surface area contributed by atoms with Crippen molar-refractivity contribution in [3.05, 3.63) is 35.9 Å². The number of rotatable bonds is 5. The number of hydrogen-bond donors (Lipinski definition) is 1. The maximum Gasteiger partial charge on any atom is 0.251 e. The van der Waals surface area contributed by atoms with Crippen molar-refractivity contribution in [2.24, 2.45) is 5.92 Å². The number of carbonyl (C=O) groups is 3. The van der Waals surface area contributed by atoms with Crippen LogP contribution in [-0.4, -0.2) is 84.8 Å². The molecule has 0 aromatic heterocycles. The molecular weight excluding hydrogens is 368 g/mol. The van der Waals surface area contributed by atoms with E-state index in [1.54, 1.807) is 12.1 Å². The summed E-state index contributed by atoms with van der Waals surface area (Å²) in [6.45, 7) is 6.53. The van der Waals surface area contributed by atoms with Crippen LogP contribution in [0.4, 0.5) is 0 Å².